The van der Waals surface area contributed by atoms with Crippen LogP contribution in [0.1, 0.15) is 50.7 Å². The largest absolute Gasteiger partial charge is 0.497 e. The van der Waals surface area contributed by atoms with Gasteiger partial charge in [-0.1, -0.05) is 6.92 Å². The minimum atomic E-state index is -1.67. The number of pyridine rings is 2. The molecule has 0 unspecified atom stereocenters. The van der Waals surface area contributed by atoms with E-state index in [1.54, 1.807) is 18.5 Å². The number of aromatic nitrogens is 2. The molecule has 1 aliphatic carbocycles. The Balaban J connectivity index is 1.76. The van der Waals surface area contributed by atoms with Gasteiger partial charge in [0.1, 0.15) is 11.6 Å². The first-order chi connectivity index (χ1) is 14.3. The number of carbonyl (C=O) groups is 1. The van der Waals surface area contributed by atoms with E-state index in [0.717, 1.165) is 11.8 Å². The summed E-state index contributed by atoms with van der Waals surface area (Å²) in [5, 5.41) is 7.03. The molecule has 0 radical (unpaired) electrons. The molecule has 1 aliphatic heterocycles. The van der Waals surface area contributed by atoms with Gasteiger partial charge in [0.05, 0.1) is 11.2 Å². The summed E-state index contributed by atoms with van der Waals surface area (Å²) in [5.74, 6) is 1.19. The van der Waals surface area contributed by atoms with Crippen LogP contribution in [0.2, 0.25) is 0 Å². The van der Waals surface area contributed by atoms with E-state index in [2.05, 4.69) is 27.5 Å². The molecular weight excluding hydrogens is 367 g/mol. The highest BCUT2D eigenvalue weighted by atomic mass is 16.7. The average molecular weight is 398 g/mol. The van der Waals surface area contributed by atoms with Crippen LogP contribution < -0.4 is 16.1 Å². The van der Waals surface area contributed by atoms with Gasteiger partial charge in [0, 0.05) is 38.4 Å². The highest BCUT2D eigenvalue weighted by Crippen LogP contribution is 2.39. The summed E-state index contributed by atoms with van der Waals surface area (Å²) in [6.07, 6.45) is 4.12. The molecule has 7 nitrogen and oxygen atoms in total. The van der Waals surface area contributed by atoms with E-state index in [0.29, 0.717) is 28.4 Å². The predicted molar refractivity (Wildman–Crippen MR) is 115 cm³/mol. The number of nitrogens with zero attached hydrogens (tertiary/aromatic N) is 2. The van der Waals surface area contributed by atoms with E-state index >= 15 is 0 Å². The van der Waals surface area contributed by atoms with Gasteiger partial charge in [-0.15, -0.1) is 0 Å². The number of amides is 1. The maximum atomic E-state index is 12.4. The fourth-order valence-electron chi connectivity index (χ4n) is 3.51. The third kappa shape index (κ3) is 3.60. The van der Waals surface area contributed by atoms with Gasteiger partial charge in [-0.05, 0) is 58.4 Å². The van der Waals surface area contributed by atoms with E-state index in [1.165, 1.54) is 6.92 Å². The second-order valence-electron chi connectivity index (χ2n) is 8.95. The van der Waals surface area contributed by atoms with E-state index in [1.807, 2.05) is 27.7 Å². The van der Waals surface area contributed by atoms with Crippen molar-refractivity contribution in [2.45, 2.75) is 59.2 Å². The molecule has 29 heavy (non-hydrogen) atoms. The zero-order chi connectivity index (χ0) is 22.8. The maximum absolute atomic E-state index is 12.4. The number of hydrogen-bond acceptors (Lipinski definition) is 6. The monoisotopic (exact) mass is 398 g/mol. The summed E-state index contributed by atoms with van der Waals surface area (Å²) >= 11 is 0. The summed E-state index contributed by atoms with van der Waals surface area (Å²) in [7, 11) is -0.651. The Morgan fingerprint density at radius 1 is 1.24 bits per heavy atom. The minimum Gasteiger partial charge on any atom is -0.399 e. The SMILES string of the molecule is [2H]C([2H])(C)Nc1ncc(B2OC(C)(C)C(C)(C)O2)c2cc(NC(=O)[C@H]3C[C@H]3C)ncc12. The normalized spacial score (nSPS) is 26.1. The summed E-state index contributed by atoms with van der Waals surface area (Å²) < 4.78 is 28.2. The molecule has 0 aromatic carbocycles. The molecule has 1 saturated heterocycles. The average Bonchev–Trinajstić information content (AvgIpc) is 3.31. The molecule has 2 fully saturated rings. The number of rotatable bonds is 5. The summed E-state index contributed by atoms with van der Waals surface area (Å²) in [6.45, 7) is 9.73. The van der Waals surface area contributed by atoms with Crippen LogP contribution in [0.5, 0.6) is 0 Å². The molecule has 2 aliphatic rings. The lowest BCUT2D eigenvalue weighted by atomic mass is 9.77. The molecule has 2 aromatic rings. The van der Waals surface area contributed by atoms with Gasteiger partial charge >= 0.3 is 7.12 Å². The predicted octanol–water partition coefficient (Wildman–Crippen LogP) is 2.96. The van der Waals surface area contributed by atoms with Crippen molar-refractivity contribution in [3.8, 4) is 0 Å². The molecular formula is C21H29BN4O3. The van der Waals surface area contributed by atoms with Crippen molar-refractivity contribution in [1.82, 2.24) is 9.97 Å². The molecule has 8 heteroatoms. The van der Waals surface area contributed by atoms with Crippen LogP contribution in [0, 0.1) is 11.8 Å². The molecule has 2 atom stereocenters. The fraction of sp³-hybridized carbons (Fsp3) is 0.571. The smallest absolute Gasteiger partial charge is 0.399 e. The van der Waals surface area contributed by atoms with Crippen molar-refractivity contribution in [3.05, 3.63) is 18.5 Å². The summed E-state index contributed by atoms with van der Waals surface area (Å²) in [5.41, 5.74) is -0.337. The van der Waals surface area contributed by atoms with Crippen molar-refractivity contribution in [3.63, 3.8) is 0 Å². The highest BCUT2D eigenvalue weighted by Gasteiger charge is 2.52. The second kappa shape index (κ2) is 6.95. The van der Waals surface area contributed by atoms with Crippen LogP contribution in [-0.4, -0.2) is 40.7 Å². The van der Waals surface area contributed by atoms with Crippen molar-refractivity contribution in [2.75, 3.05) is 17.1 Å². The first kappa shape index (κ1) is 17.7. The van der Waals surface area contributed by atoms with Gasteiger partial charge in [-0.3, -0.25) is 4.79 Å². The molecule has 2 N–H and O–H groups in total. The van der Waals surface area contributed by atoms with E-state index in [-0.39, 0.29) is 11.8 Å². The molecule has 1 saturated carbocycles. The Kier molecular flexibility index (Phi) is 4.23. The lowest BCUT2D eigenvalue weighted by Gasteiger charge is -2.32. The first-order valence-electron chi connectivity index (χ1n) is 11.0. The molecule has 1 amide bonds. The van der Waals surface area contributed by atoms with Crippen molar-refractivity contribution < 1.29 is 16.8 Å². The molecule has 3 heterocycles. The lowest BCUT2D eigenvalue weighted by Crippen LogP contribution is -2.41. The van der Waals surface area contributed by atoms with E-state index in [9.17, 15) is 4.79 Å². The van der Waals surface area contributed by atoms with Crippen molar-refractivity contribution in [2.24, 2.45) is 11.8 Å². The van der Waals surface area contributed by atoms with E-state index < -0.39 is 24.8 Å². The first-order valence-corrected chi connectivity index (χ1v) is 10.0. The van der Waals surface area contributed by atoms with Gasteiger partial charge in [-0.2, -0.15) is 0 Å². The van der Waals surface area contributed by atoms with E-state index in [4.69, 9.17) is 12.1 Å². The maximum Gasteiger partial charge on any atom is 0.497 e. The Bertz CT molecular complexity index is 1030. The van der Waals surface area contributed by atoms with Gasteiger partial charge in [0.25, 0.3) is 0 Å². The van der Waals surface area contributed by atoms with Crippen LogP contribution in [0.3, 0.4) is 0 Å². The Hall–Kier alpha value is -2.19. The number of hydrogen-bond donors (Lipinski definition) is 2. The molecule has 0 bridgehead atoms. The fourth-order valence-corrected chi connectivity index (χ4v) is 3.51. The topological polar surface area (TPSA) is 85.4 Å². The third-order valence-corrected chi connectivity index (χ3v) is 6.25. The van der Waals surface area contributed by atoms with Gasteiger partial charge in [0.15, 0.2) is 0 Å². The zero-order valence-corrected chi connectivity index (χ0v) is 17.8. The second-order valence-corrected chi connectivity index (χ2v) is 8.95. The van der Waals surface area contributed by atoms with Crippen LogP contribution in [0.4, 0.5) is 11.6 Å². The van der Waals surface area contributed by atoms with Crippen LogP contribution in [0.15, 0.2) is 18.5 Å². The number of anilines is 2. The van der Waals surface area contributed by atoms with Gasteiger partial charge in [0.2, 0.25) is 5.91 Å². The highest BCUT2D eigenvalue weighted by molar-refractivity contribution is 6.65. The zero-order valence-electron chi connectivity index (χ0n) is 19.8. The minimum absolute atomic E-state index is 0.0297. The molecule has 4 rings (SSSR count). The quantitative estimate of drug-likeness (QED) is 0.754. The number of carbonyl (C=O) groups excluding carboxylic acids is 1. The Morgan fingerprint density at radius 3 is 2.48 bits per heavy atom. The summed E-state index contributed by atoms with van der Waals surface area (Å²) in [4.78, 5) is 21.2. The lowest BCUT2D eigenvalue weighted by molar-refractivity contribution is -0.117. The third-order valence-electron chi connectivity index (χ3n) is 6.25. The standard InChI is InChI=1S/C21H29BN4O3/c1-7-23-18-15-10-24-17(26-19(27)13-8-12(13)2)9-14(15)16(11-25-18)22-28-20(3,4)21(5,6)29-22/h9-13H,7-8H2,1-6H3,(H,23,25)(H,24,26,27)/t12-,13+/m1/s1/i7D2. The van der Waals surface area contributed by atoms with Gasteiger partial charge < -0.3 is 19.9 Å². The van der Waals surface area contributed by atoms with Crippen LogP contribution in [-0.2, 0) is 14.1 Å². The van der Waals surface area contributed by atoms with Gasteiger partial charge in [-0.25, -0.2) is 9.97 Å². The molecule has 2 aromatic heterocycles. The number of fused-ring (bicyclic) bond motifs is 1. The molecule has 0 spiro atoms. The number of nitrogens with one attached hydrogen (secondary N) is 2. The van der Waals surface area contributed by atoms with Crippen LogP contribution in [0.25, 0.3) is 10.8 Å². The molecule has 154 valence electrons. The Labute approximate surface area is 174 Å². The summed E-state index contributed by atoms with van der Waals surface area (Å²) in [6, 6.07) is 1.78. The van der Waals surface area contributed by atoms with Crippen LogP contribution >= 0.6 is 0 Å². The van der Waals surface area contributed by atoms with Crippen molar-refractivity contribution in [1.29, 1.82) is 0 Å². The van der Waals surface area contributed by atoms with Crippen molar-refractivity contribution >= 4 is 40.9 Å². The Morgan fingerprint density at radius 2 is 1.90 bits per heavy atom.